The fourth-order valence-corrected chi connectivity index (χ4v) is 4.70. The Morgan fingerprint density at radius 2 is 1.47 bits per heavy atom. The molecule has 1 aliphatic carbocycles. The zero-order valence-electron chi connectivity index (χ0n) is 18.4. The number of rotatable bonds is 5. The first-order chi connectivity index (χ1) is 14.8. The van der Waals surface area contributed by atoms with Crippen molar-refractivity contribution >= 4 is 47.5 Å². The molecule has 0 unspecified atom stereocenters. The Morgan fingerprint density at radius 3 is 2.22 bits per heavy atom. The molecule has 2 heterocycles. The summed E-state index contributed by atoms with van der Waals surface area (Å²) >= 11 is 0. The van der Waals surface area contributed by atoms with Gasteiger partial charge in [-0.15, -0.1) is 24.8 Å². The zero-order valence-corrected chi connectivity index (χ0v) is 20.1. The first-order valence-corrected chi connectivity index (χ1v) is 11.4. The maximum atomic E-state index is 5.01. The number of benzene rings is 2. The topological polar surface area (TPSA) is 44.3 Å². The molecule has 0 amide bonds. The van der Waals surface area contributed by atoms with Crippen LogP contribution in [0.1, 0.15) is 37.7 Å². The van der Waals surface area contributed by atoms with Crippen molar-refractivity contribution in [2.45, 2.75) is 44.7 Å². The largest absolute Gasteiger partial charge is 0.367 e. The summed E-state index contributed by atoms with van der Waals surface area (Å²) in [7, 11) is 0. The van der Waals surface area contributed by atoms with Crippen LogP contribution < -0.4 is 10.2 Å². The molecule has 1 saturated carbocycles. The molecule has 7 heteroatoms. The first kappa shape index (κ1) is 24.6. The summed E-state index contributed by atoms with van der Waals surface area (Å²) in [6.07, 6.45) is 6.48. The van der Waals surface area contributed by atoms with E-state index in [4.69, 9.17) is 9.97 Å². The molecule has 3 aromatic rings. The molecule has 1 aliphatic heterocycles. The van der Waals surface area contributed by atoms with Crippen molar-refractivity contribution < 1.29 is 0 Å². The highest BCUT2D eigenvalue weighted by molar-refractivity contribution is 5.90. The minimum absolute atomic E-state index is 0. The average Bonchev–Trinajstić information content (AvgIpc) is 2.81. The van der Waals surface area contributed by atoms with Gasteiger partial charge >= 0.3 is 0 Å². The molecule has 0 bridgehead atoms. The SMILES string of the molecule is Cl.Cl.c1ccc(CN2CCN(c3nc(NC4CCCCC4)c4ccccc4n3)CC2)cc1. The molecule has 5 rings (SSSR count). The predicted molar refractivity (Wildman–Crippen MR) is 138 cm³/mol. The molecule has 1 N–H and O–H groups in total. The third-order valence-corrected chi connectivity index (χ3v) is 6.44. The van der Waals surface area contributed by atoms with E-state index in [-0.39, 0.29) is 24.8 Å². The van der Waals surface area contributed by atoms with Gasteiger partial charge in [0.1, 0.15) is 5.82 Å². The lowest BCUT2D eigenvalue weighted by atomic mass is 9.95. The summed E-state index contributed by atoms with van der Waals surface area (Å²) < 4.78 is 0. The quantitative estimate of drug-likeness (QED) is 0.526. The van der Waals surface area contributed by atoms with Crippen LogP contribution in [-0.2, 0) is 6.54 Å². The number of nitrogens with one attached hydrogen (secondary N) is 1. The van der Waals surface area contributed by atoms with Crippen LogP contribution in [0.15, 0.2) is 54.6 Å². The van der Waals surface area contributed by atoms with E-state index in [9.17, 15) is 0 Å². The number of anilines is 2. The summed E-state index contributed by atoms with van der Waals surface area (Å²) in [6, 6.07) is 19.7. The van der Waals surface area contributed by atoms with Gasteiger partial charge in [0.25, 0.3) is 0 Å². The number of fused-ring (bicyclic) bond motifs is 1. The van der Waals surface area contributed by atoms with E-state index in [0.717, 1.165) is 55.4 Å². The van der Waals surface area contributed by atoms with Gasteiger partial charge in [-0.25, -0.2) is 4.98 Å². The van der Waals surface area contributed by atoms with Crippen LogP contribution in [0.2, 0.25) is 0 Å². The van der Waals surface area contributed by atoms with Gasteiger partial charge in [0.15, 0.2) is 0 Å². The number of hydrogen-bond donors (Lipinski definition) is 1. The summed E-state index contributed by atoms with van der Waals surface area (Å²) in [6.45, 7) is 5.02. The van der Waals surface area contributed by atoms with Gasteiger partial charge in [-0.2, -0.15) is 4.98 Å². The van der Waals surface area contributed by atoms with Crippen LogP contribution in [-0.4, -0.2) is 47.1 Å². The molecule has 0 spiro atoms. The van der Waals surface area contributed by atoms with Gasteiger partial charge in [-0.3, -0.25) is 4.90 Å². The Hall–Kier alpha value is -2.08. The van der Waals surface area contributed by atoms with Crippen molar-refractivity contribution in [2.75, 3.05) is 36.4 Å². The monoisotopic (exact) mass is 473 g/mol. The maximum Gasteiger partial charge on any atom is 0.227 e. The highest BCUT2D eigenvalue weighted by atomic mass is 35.5. The highest BCUT2D eigenvalue weighted by Gasteiger charge is 2.21. The molecule has 0 atom stereocenters. The standard InChI is InChI=1S/C25H31N5.2ClH/c1-3-9-20(10-4-1)19-29-15-17-30(18-16-29)25-27-23-14-8-7-13-22(23)24(28-25)26-21-11-5-2-6-12-21;;/h1,3-4,7-10,13-14,21H,2,5-6,11-12,15-19H2,(H,26,27,28);2*1H. The maximum absolute atomic E-state index is 5.01. The molecule has 1 aromatic heterocycles. The number of nitrogens with zero attached hydrogens (tertiary/aromatic N) is 4. The molecule has 172 valence electrons. The summed E-state index contributed by atoms with van der Waals surface area (Å²) in [5.41, 5.74) is 2.42. The van der Waals surface area contributed by atoms with E-state index in [1.807, 2.05) is 0 Å². The van der Waals surface area contributed by atoms with Crippen molar-refractivity contribution in [3.63, 3.8) is 0 Å². The minimum atomic E-state index is 0. The predicted octanol–water partition coefficient (Wildman–Crippen LogP) is 5.54. The number of para-hydroxylation sites is 1. The molecule has 32 heavy (non-hydrogen) atoms. The second-order valence-corrected chi connectivity index (χ2v) is 8.62. The molecule has 2 aliphatic rings. The molecular weight excluding hydrogens is 441 g/mol. The van der Waals surface area contributed by atoms with E-state index in [2.05, 4.69) is 69.7 Å². The molecule has 2 aromatic carbocycles. The fraction of sp³-hybridized carbons (Fsp3) is 0.440. The van der Waals surface area contributed by atoms with Gasteiger partial charge in [-0.05, 0) is 30.5 Å². The van der Waals surface area contributed by atoms with E-state index in [1.54, 1.807) is 0 Å². The number of hydrogen-bond acceptors (Lipinski definition) is 5. The lowest BCUT2D eigenvalue weighted by Crippen LogP contribution is -2.46. The zero-order chi connectivity index (χ0) is 20.2. The Labute approximate surface area is 203 Å². The van der Waals surface area contributed by atoms with Gasteiger partial charge < -0.3 is 10.2 Å². The molecule has 2 fully saturated rings. The lowest BCUT2D eigenvalue weighted by Gasteiger charge is -2.35. The van der Waals surface area contributed by atoms with Gasteiger partial charge in [-0.1, -0.05) is 61.7 Å². The molecule has 1 saturated heterocycles. The second-order valence-electron chi connectivity index (χ2n) is 8.62. The molecular formula is C25H33Cl2N5. The van der Waals surface area contributed by atoms with Crippen LogP contribution in [0.25, 0.3) is 10.9 Å². The van der Waals surface area contributed by atoms with Crippen molar-refractivity contribution in [1.82, 2.24) is 14.9 Å². The van der Waals surface area contributed by atoms with E-state index >= 15 is 0 Å². The van der Waals surface area contributed by atoms with Crippen LogP contribution >= 0.6 is 24.8 Å². The molecule has 0 radical (unpaired) electrons. The van der Waals surface area contributed by atoms with Gasteiger partial charge in [0.05, 0.1) is 5.52 Å². The van der Waals surface area contributed by atoms with Crippen LogP contribution in [0.4, 0.5) is 11.8 Å². The summed E-state index contributed by atoms with van der Waals surface area (Å²) in [5, 5.41) is 4.89. The number of piperazine rings is 1. The van der Waals surface area contributed by atoms with E-state index in [1.165, 1.54) is 37.7 Å². The Balaban J connectivity index is 0.00000144. The van der Waals surface area contributed by atoms with E-state index in [0.29, 0.717) is 6.04 Å². The van der Waals surface area contributed by atoms with Crippen molar-refractivity contribution in [2.24, 2.45) is 0 Å². The smallest absolute Gasteiger partial charge is 0.227 e. The number of halogens is 2. The Bertz CT molecular complexity index is 970. The lowest BCUT2D eigenvalue weighted by molar-refractivity contribution is 0.249. The highest BCUT2D eigenvalue weighted by Crippen LogP contribution is 2.28. The summed E-state index contributed by atoms with van der Waals surface area (Å²) in [4.78, 5) is 14.8. The summed E-state index contributed by atoms with van der Waals surface area (Å²) in [5.74, 6) is 1.88. The third-order valence-electron chi connectivity index (χ3n) is 6.44. The van der Waals surface area contributed by atoms with Crippen molar-refractivity contribution in [1.29, 1.82) is 0 Å². The van der Waals surface area contributed by atoms with Crippen LogP contribution in [0, 0.1) is 0 Å². The van der Waals surface area contributed by atoms with Crippen molar-refractivity contribution in [3.05, 3.63) is 60.2 Å². The molecule has 5 nitrogen and oxygen atoms in total. The van der Waals surface area contributed by atoms with Gasteiger partial charge in [0, 0.05) is 44.2 Å². The Kier molecular flexibility index (Phi) is 8.97. The van der Waals surface area contributed by atoms with E-state index < -0.39 is 0 Å². The second kappa shape index (κ2) is 11.7. The van der Waals surface area contributed by atoms with Crippen LogP contribution in [0.5, 0.6) is 0 Å². The van der Waals surface area contributed by atoms with Crippen LogP contribution in [0.3, 0.4) is 0 Å². The fourth-order valence-electron chi connectivity index (χ4n) is 4.70. The first-order valence-electron chi connectivity index (χ1n) is 11.4. The number of aromatic nitrogens is 2. The normalized spacial score (nSPS) is 17.4. The van der Waals surface area contributed by atoms with Gasteiger partial charge in [0.2, 0.25) is 5.95 Å². The minimum Gasteiger partial charge on any atom is -0.367 e. The van der Waals surface area contributed by atoms with Crippen molar-refractivity contribution in [3.8, 4) is 0 Å². The Morgan fingerprint density at radius 1 is 0.781 bits per heavy atom. The average molecular weight is 474 g/mol. The third kappa shape index (κ3) is 5.83.